The van der Waals surface area contributed by atoms with Gasteiger partial charge in [0.1, 0.15) is 5.75 Å². The van der Waals surface area contributed by atoms with E-state index in [1.807, 2.05) is 19.1 Å². The van der Waals surface area contributed by atoms with E-state index >= 15 is 0 Å². The number of ether oxygens (including phenoxy) is 1. The third-order valence-electron chi connectivity index (χ3n) is 2.02. The molecule has 84 valence electrons. The van der Waals surface area contributed by atoms with Crippen molar-refractivity contribution in [1.82, 2.24) is 0 Å². The number of rotatable bonds is 3. The molecule has 0 aromatic heterocycles. The summed E-state index contributed by atoms with van der Waals surface area (Å²) in [5.74, 6) is 0.347. The molecule has 0 amide bonds. The van der Waals surface area contributed by atoms with Crippen LogP contribution in [-0.2, 0) is 0 Å². The van der Waals surface area contributed by atoms with Gasteiger partial charge in [0.05, 0.1) is 6.51 Å². The maximum Gasteiger partial charge on any atom is 0.515 e. The van der Waals surface area contributed by atoms with Crippen LogP contribution < -0.4 is 4.74 Å². The molecule has 0 aliphatic rings. The molecule has 0 radical (unpaired) electrons. The number of halogens is 3. The van der Waals surface area contributed by atoms with Crippen LogP contribution in [0.3, 0.4) is 0 Å². The summed E-state index contributed by atoms with van der Waals surface area (Å²) in [5, 5.41) is 0. The zero-order chi connectivity index (χ0) is 11.6. The zero-order valence-corrected chi connectivity index (χ0v) is 8.98. The Hall–Kier alpha value is -1.13. The molecule has 0 N–H and O–H groups in total. The number of benzene rings is 1. The van der Waals surface area contributed by atoms with Crippen molar-refractivity contribution < 1.29 is 17.7 Å². The first-order valence-electron chi connectivity index (χ1n) is 4.71. The van der Waals surface area contributed by atoms with E-state index in [0.717, 1.165) is 16.7 Å². The second-order valence-electron chi connectivity index (χ2n) is 3.75. The molecule has 1 nitrogen and oxygen atoms in total. The predicted molar refractivity (Wildman–Crippen MR) is 55.2 cm³/mol. The van der Waals surface area contributed by atoms with E-state index in [2.05, 4.69) is 0 Å². The molecule has 0 saturated heterocycles. The van der Waals surface area contributed by atoms with Crippen LogP contribution in [0.25, 0.3) is 0 Å². The Balaban J connectivity index is 2.86. The first kappa shape index (κ1) is 11.9. The highest BCUT2D eigenvalue weighted by atomic mass is 19.4. The van der Waals surface area contributed by atoms with Crippen LogP contribution in [0.2, 0.25) is 0 Å². The van der Waals surface area contributed by atoms with Crippen molar-refractivity contribution in [1.29, 1.82) is 0 Å². The van der Waals surface area contributed by atoms with Gasteiger partial charge in [-0.2, -0.15) is 0 Å². The second kappa shape index (κ2) is 4.17. The lowest BCUT2D eigenvalue weighted by molar-refractivity contribution is 0.310. The summed E-state index contributed by atoms with van der Waals surface area (Å²) in [4.78, 5) is 0. The topological polar surface area (TPSA) is 9.23 Å². The van der Waals surface area contributed by atoms with E-state index in [4.69, 9.17) is 4.74 Å². The number of hydrogen-bond donors (Lipinski definition) is 0. The van der Waals surface area contributed by atoms with Gasteiger partial charge in [-0.25, -0.2) is 0 Å². The summed E-state index contributed by atoms with van der Waals surface area (Å²) in [6.07, 6.45) is 0. The van der Waals surface area contributed by atoms with Crippen LogP contribution in [0.4, 0.5) is 12.9 Å². The van der Waals surface area contributed by atoms with Gasteiger partial charge in [-0.05, 0) is 31.9 Å². The Bertz CT molecular complexity index is 337. The van der Waals surface area contributed by atoms with Gasteiger partial charge < -0.3 is 17.7 Å². The Kier molecular flexibility index (Phi) is 3.32. The summed E-state index contributed by atoms with van der Waals surface area (Å²) in [6.45, 7) is -0.666. The maximum atomic E-state index is 12.0. The fourth-order valence-electron chi connectivity index (χ4n) is 1.57. The molecule has 0 atom stereocenters. The minimum atomic E-state index is -4.89. The van der Waals surface area contributed by atoms with Gasteiger partial charge in [0, 0.05) is 0 Å². The fourth-order valence-corrected chi connectivity index (χ4v) is 1.57. The van der Waals surface area contributed by atoms with Gasteiger partial charge >= 0.3 is 6.98 Å². The van der Waals surface area contributed by atoms with E-state index in [9.17, 15) is 12.9 Å². The summed E-state index contributed by atoms with van der Waals surface area (Å²) in [6, 6.07) is 3.62. The van der Waals surface area contributed by atoms with Crippen molar-refractivity contribution in [2.75, 3.05) is 6.51 Å². The molecule has 0 aliphatic heterocycles. The van der Waals surface area contributed by atoms with Crippen molar-refractivity contribution in [3.8, 4) is 5.75 Å². The van der Waals surface area contributed by atoms with Crippen molar-refractivity contribution in [2.45, 2.75) is 20.8 Å². The van der Waals surface area contributed by atoms with E-state index < -0.39 is 13.5 Å². The van der Waals surface area contributed by atoms with Gasteiger partial charge in [-0.3, -0.25) is 0 Å². The fraction of sp³-hybridized carbons (Fsp3) is 0.400. The highest BCUT2D eigenvalue weighted by Gasteiger charge is 2.24. The average molecular weight is 217 g/mol. The lowest BCUT2D eigenvalue weighted by atomic mass is 9.94. The first-order chi connectivity index (χ1) is 6.79. The summed E-state index contributed by atoms with van der Waals surface area (Å²) < 4.78 is 40.9. The van der Waals surface area contributed by atoms with Crippen LogP contribution in [0.1, 0.15) is 16.7 Å². The normalized spacial score (nSPS) is 11.6. The monoisotopic (exact) mass is 217 g/mol. The molecule has 0 heterocycles. The largest absolute Gasteiger partial charge is 0.521 e. The van der Waals surface area contributed by atoms with Gasteiger partial charge in [-0.15, -0.1) is 0 Å². The minimum Gasteiger partial charge on any atom is -0.521 e. The molecule has 0 unspecified atom stereocenters. The molecular weight excluding hydrogens is 204 g/mol. The first-order valence-corrected chi connectivity index (χ1v) is 4.71. The van der Waals surface area contributed by atoms with Gasteiger partial charge in [0.15, 0.2) is 0 Å². The van der Waals surface area contributed by atoms with Crippen molar-refractivity contribution in [3.05, 3.63) is 28.8 Å². The molecule has 0 spiro atoms. The minimum absolute atomic E-state index is 0.347. The smallest absolute Gasteiger partial charge is 0.515 e. The molecule has 5 heteroatoms. The molecule has 0 bridgehead atoms. The summed E-state index contributed by atoms with van der Waals surface area (Å²) in [5.41, 5.74) is 2.51. The Labute approximate surface area is 87.3 Å². The van der Waals surface area contributed by atoms with E-state index in [1.54, 1.807) is 13.8 Å². The van der Waals surface area contributed by atoms with Gasteiger partial charge in [-0.1, -0.05) is 17.7 Å². The third kappa shape index (κ3) is 3.49. The van der Waals surface area contributed by atoms with Crippen molar-refractivity contribution in [3.63, 3.8) is 0 Å². The third-order valence-corrected chi connectivity index (χ3v) is 2.02. The Morgan fingerprint density at radius 3 is 1.93 bits per heavy atom. The lowest BCUT2D eigenvalue weighted by Gasteiger charge is -2.18. The molecule has 1 aromatic rings. The van der Waals surface area contributed by atoms with E-state index in [1.165, 1.54) is 0 Å². The Morgan fingerprint density at radius 2 is 1.53 bits per heavy atom. The van der Waals surface area contributed by atoms with E-state index in [-0.39, 0.29) is 0 Å². The van der Waals surface area contributed by atoms with Crippen LogP contribution in [0.5, 0.6) is 5.75 Å². The molecule has 15 heavy (non-hydrogen) atoms. The van der Waals surface area contributed by atoms with Crippen LogP contribution in [-0.4, -0.2) is 13.5 Å². The standard InChI is InChI=1S/C10H13BF3O/c1-7-4-8(2)10(9(3)5-7)15-6-11(12,13)14/h4-5H,6H2,1-3H3/q-1. The zero-order valence-electron chi connectivity index (χ0n) is 8.98. The predicted octanol–water partition coefficient (Wildman–Crippen LogP) is 3.38. The Morgan fingerprint density at radius 1 is 1.07 bits per heavy atom. The molecule has 1 rings (SSSR count). The molecule has 1 aromatic carbocycles. The molecule has 0 fully saturated rings. The van der Waals surface area contributed by atoms with Crippen molar-refractivity contribution in [2.24, 2.45) is 0 Å². The second-order valence-corrected chi connectivity index (χ2v) is 3.75. The molecular formula is C10H13BF3O-. The average Bonchev–Trinajstić information content (AvgIpc) is 1.99. The number of hydrogen-bond acceptors (Lipinski definition) is 1. The van der Waals surface area contributed by atoms with Crippen LogP contribution in [0.15, 0.2) is 12.1 Å². The molecule has 0 aliphatic carbocycles. The maximum absolute atomic E-state index is 12.0. The molecule has 0 saturated carbocycles. The van der Waals surface area contributed by atoms with Crippen molar-refractivity contribution >= 4 is 6.98 Å². The number of aryl methyl sites for hydroxylation is 3. The van der Waals surface area contributed by atoms with E-state index in [0.29, 0.717) is 5.75 Å². The van der Waals surface area contributed by atoms with Gasteiger partial charge in [0.2, 0.25) is 0 Å². The highest BCUT2D eigenvalue weighted by molar-refractivity contribution is 6.58. The highest BCUT2D eigenvalue weighted by Crippen LogP contribution is 2.25. The van der Waals surface area contributed by atoms with Crippen LogP contribution >= 0.6 is 0 Å². The quantitative estimate of drug-likeness (QED) is 0.705. The summed E-state index contributed by atoms with van der Waals surface area (Å²) >= 11 is 0. The lowest BCUT2D eigenvalue weighted by Crippen LogP contribution is -2.26. The van der Waals surface area contributed by atoms with Crippen LogP contribution in [0, 0.1) is 20.8 Å². The summed E-state index contributed by atoms with van der Waals surface area (Å²) in [7, 11) is 0. The van der Waals surface area contributed by atoms with Gasteiger partial charge in [0.25, 0.3) is 0 Å². The SMILES string of the molecule is Cc1cc(C)c(OC[B-](F)(F)F)c(C)c1.